The van der Waals surface area contributed by atoms with Gasteiger partial charge in [-0.05, 0) is 73.8 Å². The largest absolute Gasteiger partial charge is 0.230 e. The minimum atomic E-state index is 0.516. The van der Waals surface area contributed by atoms with Crippen molar-refractivity contribution in [1.82, 2.24) is 4.98 Å². The molecular formula is C6HI3N2. The molecule has 0 bridgehead atoms. The van der Waals surface area contributed by atoms with Gasteiger partial charge in [-0.25, -0.2) is 4.98 Å². The molecule has 0 aliphatic heterocycles. The lowest BCUT2D eigenvalue weighted by molar-refractivity contribution is 1.19. The standard InChI is InChI=1S/C6HI3N2/c7-3-1-5(8)11-4(2-10)6(3)9/h1H. The number of halogens is 3. The van der Waals surface area contributed by atoms with Crippen molar-refractivity contribution in [3.63, 3.8) is 0 Å². The molecule has 0 aliphatic rings. The highest BCUT2D eigenvalue weighted by Crippen LogP contribution is 2.19. The highest BCUT2D eigenvalue weighted by atomic mass is 127. The van der Waals surface area contributed by atoms with Gasteiger partial charge in [0.1, 0.15) is 9.77 Å². The predicted molar refractivity (Wildman–Crippen MR) is 67.1 cm³/mol. The van der Waals surface area contributed by atoms with Gasteiger partial charge < -0.3 is 0 Å². The van der Waals surface area contributed by atoms with E-state index in [1.165, 1.54) is 0 Å². The molecule has 0 amide bonds. The van der Waals surface area contributed by atoms with Gasteiger partial charge >= 0.3 is 0 Å². The molecule has 11 heavy (non-hydrogen) atoms. The lowest BCUT2D eigenvalue weighted by atomic mass is 10.4. The number of hydrogen-bond donors (Lipinski definition) is 0. The maximum atomic E-state index is 8.64. The minimum absolute atomic E-state index is 0.516. The average molecular weight is 482 g/mol. The van der Waals surface area contributed by atoms with Crippen molar-refractivity contribution in [3.05, 3.63) is 22.6 Å². The van der Waals surface area contributed by atoms with Gasteiger partial charge in [-0.1, -0.05) is 0 Å². The summed E-state index contributed by atoms with van der Waals surface area (Å²) in [4.78, 5) is 4.07. The van der Waals surface area contributed by atoms with Crippen LogP contribution in [-0.2, 0) is 0 Å². The number of hydrogen-bond acceptors (Lipinski definition) is 2. The van der Waals surface area contributed by atoms with Crippen LogP contribution in [0, 0.1) is 22.2 Å². The molecule has 0 aliphatic carbocycles. The Bertz CT molecular complexity index is 329. The smallest absolute Gasteiger partial charge is 0.156 e. The molecule has 0 atom stereocenters. The number of nitriles is 1. The van der Waals surface area contributed by atoms with Crippen LogP contribution >= 0.6 is 67.8 Å². The van der Waals surface area contributed by atoms with E-state index in [0.29, 0.717) is 5.69 Å². The predicted octanol–water partition coefficient (Wildman–Crippen LogP) is 2.77. The fourth-order valence-corrected chi connectivity index (χ4v) is 2.64. The monoisotopic (exact) mass is 482 g/mol. The van der Waals surface area contributed by atoms with Gasteiger partial charge in [0.15, 0.2) is 5.69 Å². The number of rotatable bonds is 0. The van der Waals surface area contributed by atoms with Crippen LogP contribution in [0.4, 0.5) is 0 Å². The van der Waals surface area contributed by atoms with E-state index < -0.39 is 0 Å². The molecule has 1 aromatic heterocycles. The first-order chi connectivity index (χ1) is 5.15. The Morgan fingerprint density at radius 3 is 2.55 bits per heavy atom. The molecule has 56 valence electrons. The molecule has 0 aromatic carbocycles. The van der Waals surface area contributed by atoms with E-state index in [-0.39, 0.29) is 0 Å². The fourth-order valence-electron chi connectivity index (χ4n) is 0.543. The minimum Gasteiger partial charge on any atom is -0.230 e. The third-order valence-corrected chi connectivity index (χ3v) is 4.52. The maximum absolute atomic E-state index is 8.64. The first kappa shape index (κ1) is 9.91. The molecule has 0 saturated carbocycles. The normalized spacial score (nSPS) is 9.27. The van der Waals surface area contributed by atoms with E-state index in [0.717, 1.165) is 10.8 Å². The van der Waals surface area contributed by atoms with E-state index in [1.807, 2.05) is 12.1 Å². The summed E-state index contributed by atoms with van der Waals surface area (Å²) in [5.41, 5.74) is 0.516. The van der Waals surface area contributed by atoms with Crippen LogP contribution < -0.4 is 0 Å². The Morgan fingerprint density at radius 2 is 2.00 bits per heavy atom. The van der Waals surface area contributed by atoms with Crippen LogP contribution in [0.15, 0.2) is 6.07 Å². The van der Waals surface area contributed by atoms with Crippen molar-refractivity contribution in [2.45, 2.75) is 0 Å². The van der Waals surface area contributed by atoms with Gasteiger partial charge in [0, 0.05) is 3.57 Å². The molecule has 0 N–H and O–H groups in total. The third kappa shape index (κ3) is 2.38. The first-order valence-corrected chi connectivity index (χ1v) is 5.80. The van der Waals surface area contributed by atoms with E-state index in [4.69, 9.17) is 5.26 Å². The fraction of sp³-hybridized carbons (Fsp3) is 0. The second-order valence-electron chi connectivity index (χ2n) is 1.70. The quantitative estimate of drug-likeness (QED) is 0.422. The van der Waals surface area contributed by atoms with Gasteiger partial charge in [-0.2, -0.15) is 5.26 Å². The molecule has 0 radical (unpaired) electrons. The Hall–Kier alpha value is 0.830. The Balaban J connectivity index is 3.39. The van der Waals surface area contributed by atoms with Crippen LogP contribution in [0.25, 0.3) is 0 Å². The topological polar surface area (TPSA) is 36.7 Å². The third-order valence-electron chi connectivity index (χ3n) is 0.988. The molecule has 1 aromatic rings. The molecule has 1 rings (SSSR count). The summed E-state index contributed by atoms with van der Waals surface area (Å²) in [7, 11) is 0. The zero-order valence-corrected chi connectivity index (χ0v) is 11.6. The van der Waals surface area contributed by atoms with Gasteiger partial charge in [-0.3, -0.25) is 0 Å². The second-order valence-corrected chi connectivity index (χ2v) is 5.05. The van der Waals surface area contributed by atoms with Gasteiger partial charge in [0.05, 0.1) is 3.57 Å². The van der Waals surface area contributed by atoms with Gasteiger partial charge in [-0.15, -0.1) is 0 Å². The summed E-state index contributed by atoms with van der Waals surface area (Å²) in [6, 6.07) is 4.00. The molecule has 0 unspecified atom stereocenters. The molecule has 2 nitrogen and oxygen atoms in total. The average Bonchev–Trinajstić information content (AvgIpc) is 1.96. The van der Waals surface area contributed by atoms with Gasteiger partial charge in [0.2, 0.25) is 0 Å². The van der Waals surface area contributed by atoms with Crippen molar-refractivity contribution in [2.24, 2.45) is 0 Å². The van der Waals surface area contributed by atoms with Gasteiger partial charge in [0.25, 0.3) is 0 Å². The van der Waals surface area contributed by atoms with Crippen LogP contribution in [0.2, 0.25) is 0 Å². The summed E-state index contributed by atoms with van der Waals surface area (Å²) in [5, 5.41) is 8.64. The van der Waals surface area contributed by atoms with Crippen LogP contribution in [0.3, 0.4) is 0 Å². The number of pyridine rings is 1. The molecule has 0 spiro atoms. The van der Waals surface area contributed by atoms with E-state index in [9.17, 15) is 0 Å². The highest BCUT2D eigenvalue weighted by molar-refractivity contribution is 14.1. The zero-order valence-electron chi connectivity index (χ0n) is 5.11. The summed E-state index contributed by atoms with van der Waals surface area (Å²) in [6.45, 7) is 0. The van der Waals surface area contributed by atoms with Crippen molar-refractivity contribution >= 4 is 67.8 Å². The number of aromatic nitrogens is 1. The first-order valence-electron chi connectivity index (χ1n) is 2.57. The molecular weight excluding hydrogens is 481 g/mol. The van der Waals surface area contributed by atoms with Crippen molar-refractivity contribution in [1.29, 1.82) is 5.26 Å². The maximum Gasteiger partial charge on any atom is 0.156 e. The van der Waals surface area contributed by atoms with Crippen molar-refractivity contribution < 1.29 is 0 Å². The summed E-state index contributed by atoms with van der Waals surface area (Å²) in [5.74, 6) is 0. The summed E-state index contributed by atoms with van der Waals surface area (Å²) in [6.07, 6.45) is 0. The highest BCUT2D eigenvalue weighted by Gasteiger charge is 2.05. The van der Waals surface area contributed by atoms with E-state index >= 15 is 0 Å². The van der Waals surface area contributed by atoms with E-state index in [2.05, 4.69) is 72.8 Å². The van der Waals surface area contributed by atoms with Crippen LogP contribution in [0.1, 0.15) is 5.69 Å². The molecule has 1 heterocycles. The summed E-state index contributed by atoms with van der Waals surface area (Å²) < 4.78 is 2.88. The second kappa shape index (κ2) is 4.18. The van der Waals surface area contributed by atoms with Crippen molar-refractivity contribution in [2.75, 3.05) is 0 Å². The molecule has 5 heteroatoms. The Kier molecular flexibility index (Phi) is 3.76. The lowest BCUT2D eigenvalue weighted by Gasteiger charge is -1.97. The van der Waals surface area contributed by atoms with Crippen molar-refractivity contribution in [3.8, 4) is 6.07 Å². The SMILES string of the molecule is N#Cc1nc(I)cc(I)c1I. The zero-order chi connectivity index (χ0) is 8.43. The van der Waals surface area contributed by atoms with Crippen LogP contribution in [-0.4, -0.2) is 4.98 Å². The molecule has 0 fully saturated rings. The van der Waals surface area contributed by atoms with Crippen LogP contribution in [0.5, 0.6) is 0 Å². The number of nitrogens with zero attached hydrogens (tertiary/aromatic N) is 2. The Morgan fingerprint density at radius 1 is 1.36 bits per heavy atom. The molecule has 0 saturated heterocycles. The lowest BCUT2D eigenvalue weighted by Crippen LogP contribution is -1.93. The summed E-state index contributed by atoms with van der Waals surface area (Å²) >= 11 is 6.42. The Labute approximate surface area is 105 Å². The van der Waals surface area contributed by atoms with E-state index in [1.54, 1.807) is 0 Å².